The molecular weight excluding hydrogens is 885 g/mol. The van der Waals surface area contributed by atoms with Crippen LogP contribution in [0.2, 0.25) is 0 Å². The fourth-order valence-corrected chi connectivity index (χ4v) is 10.0. The quantitative estimate of drug-likeness (QED) is 0.140. The van der Waals surface area contributed by atoms with Gasteiger partial charge in [0.2, 0.25) is 11.8 Å². The minimum absolute atomic E-state index is 0.00709. The van der Waals surface area contributed by atoms with Gasteiger partial charge in [0, 0.05) is 68.2 Å². The molecular formula is C55H72N8O7. The summed E-state index contributed by atoms with van der Waals surface area (Å²) in [6.45, 7) is 16.9. The lowest BCUT2D eigenvalue weighted by Gasteiger charge is -2.37. The third-order valence-electron chi connectivity index (χ3n) is 14.4. The number of carbonyl (C=O) groups excluding carboxylic acids is 5. The summed E-state index contributed by atoms with van der Waals surface area (Å²) < 4.78 is 8.31. The van der Waals surface area contributed by atoms with Gasteiger partial charge in [-0.1, -0.05) is 59.6 Å². The van der Waals surface area contributed by atoms with Gasteiger partial charge in [-0.05, 0) is 130 Å². The summed E-state index contributed by atoms with van der Waals surface area (Å²) >= 11 is 0. The van der Waals surface area contributed by atoms with Crippen LogP contribution in [0.1, 0.15) is 97.4 Å². The number of benzene rings is 2. The number of aromatic hydroxyl groups is 1. The standard InChI is InChI=1S/C55H72N8O7/c1-33(2)47-40(15-13-22-56-47)49-42-30-54(5,6)32-70-53(69)43-16-14-23-63(58-43)52(68)44(27-35-25-38(28-39(64)26-35)36-17-18-45(60(49)11)41(42)29-36)57-50(66)48(34(3)4)61(12)51(67)37-20-24-62(31-37)46(65)19-21-55(7,8)59(9)10/h13,15,17-18,22,25-26,28-29,33-34,37,43-44,48,58,64H,14,16,20,23-24,27,30-32H2,1-12H3,(H,57,66)/t37-,43-,44-,48-/m0/s1. The zero-order valence-corrected chi connectivity index (χ0v) is 43.1. The lowest BCUT2D eigenvalue weighted by Crippen LogP contribution is -2.62. The van der Waals surface area contributed by atoms with E-state index >= 15 is 0 Å². The molecule has 3 N–H and O–H groups in total. The number of phenols is 1. The lowest BCUT2D eigenvalue weighted by atomic mass is 9.83. The first-order chi connectivity index (χ1) is 33.0. The number of likely N-dealkylation sites (N-methyl/N-ethyl adjacent to an activating group) is 1. The Morgan fingerprint density at radius 3 is 2.44 bits per heavy atom. The maximum Gasteiger partial charge on any atom is 0.324 e. The number of hydrazine groups is 1. The molecule has 2 fully saturated rings. The molecule has 4 aromatic rings. The largest absolute Gasteiger partial charge is 0.508 e. The molecule has 6 bridgehead atoms. The van der Waals surface area contributed by atoms with Gasteiger partial charge < -0.3 is 29.5 Å². The second-order valence-electron chi connectivity index (χ2n) is 21.7. The SMILES string of the molecule is CC(C)c1ncccc1-c1c2c3cc(ccc3n1C)-c1cc(O)cc(c1)C[C@H](NC(=O)[C@H](C(C)C)N(C)C(=O)[C@H]1CCN(C(=O)C#CC(C)(C)N(C)C)C1)C(=O)N1CCC[C@H](N1)C(=O)OCC(C)(C)C2. The predicted molar refractivity (Wildman–Crippen MR) is 271 cm³/mol. The number of amides is 4. The minimum atomic E-state index is -1.17. The second kappa shape index (κ2) is 20.6. The number of aryl methyl sites for hydroxylation is 1. The number of aromatic nitrogens is 2. The number of fused-ring (bicyclic) bond motifs is 6. The van der Waals surface area contributed by atoms with Gasteiger partial charge in [-0.25, -0.2) is 5.43 Å². The topological polar surface area (TPSA) is 170 Å². The molecule has 15 nitrogen and oxygen atoms in total. The van der Waals surface area contributed by atoms with E-state index < -0.39 is 52.8 Å². The molecule has 15 heteroatoms. The highest BCUT2D eigenvalue weighted by atomic mass is 16.5. The Labute approximate surface area is 413 Å². The van der Waals surface area contributed by atoms with Gasteiger partial charge in [0.15, 0.2) is 0 Å². The van der Waals surface area contributed by atoms with E-state index in [1.54, 1.807) is 24.1 Å². The second-order valence-corrected chi connectivity index (χ2v) is 21.7. The van der Waals surface area contributed by atoms with Crippen LogP contribution in [0.4, 0.5) is 0 Å². The fraction of sp³-hybridized carbons (Fsp3) is 0.527. The third kappa shape index (κ3) is 11.0. The maximum absolute atomic E-state index is 14.8. The molecule has 0 saturated carbocycles. The van der Waals surface area contributed by atoms with E-state index in [2.05, 4.69) is 80.1 Å². The maximum atomic E-state index is 14.8. The highest BCUT2D eigenvalue weighted by Crippen LogP contribution is 2.41. The highest BCUT2D eigenvalue weighted by Gasteiger charge is 2.40. The number of likely N-dealkylation sites (tertiary alicyclic amines) is 1. The number of hydrogen-bond acceptors (Lipinski definition) is 10. The van der Waals surface area contributed by atoms with Crippen LogP contribution < -0.4 is 10.7 Å². The van der Waals surface area contributed by atoms with Crippen molar-refractivity contribution in [3.63, 3.8) is 0 Å². The smallest absolute Gasteiger partial charge is 0.324 e. The normalized spacial score (nSPS) is 20.2. The molecule has 2 aromatic heterocycles. The molecule has 3 aliphatic rings. The number of nitrogens with one attached hydrogen (secondary N) is 2. The number of phenolic OH excluding ortho intramolecular Hbond substituents is 1. The Hall–Kier alpha value is -6.24. The van der Waals surface area contributed by atoms with E-state index in [0.29, 0.717) is 37.8 Å². The average Bonchev–Trinajstić information content (AvgIpc) is 3.91. The van der Waals surface area contributed by atoms with Crippen LogP contribution in [0.5, 0.6) is 5.75 Å². The monoisotopic (exact) mass is 957 g/mol. The van der Waals surface area contributed by atoms with Crippen LogP contribution in [0.15, 0.2) is 54.7 Å². The molecule has 5 heterocycles. The van der Waals surface area contributed by atoms with Gasteiger partial charge >= 0.3 is 5.97 Å². The lowest BCUT2D eigenvalue weighted by molar-refractivity contribution is -0.155. The summed E-state index contributed by atoms with van der Waals surface area (Å²) in [5.41, 5.74) is 9.39. The first kappa shape index (κ1) is 51.6. The Kier molecular flexibility index (Phi) is 15.2. The zero-order chi connectivity index (χ0) is 51.0. The molecule has 70 heavy (non-hydrogen) atoms. The van der Waals surface area contributed by atoms with Crippen molar-refractivity contribution in [2.24, 2.45) is 24.3 Å². The van der Waals surface area contributed by atoms with E-state index in [4.69, 9.17) is 9.72 Å². The van der Waals surface area contributed by atoms with Gasteiger partial charge in [-0.15, -0.1) is 0 Å². The molecule has 0 aliphatic carbocycles. The number of nitrogens with zero attached hydrogens (tertiary/aromatic N) is 6. The highest BCUT2D eigenvalue weighted by molar-refractivity contribution is 5.97. The summed E-state index contributed by atoms with van der Waals surface area (Å²) in [5.74, 6) is 2.92. The van der Waals surface area contributed by atoms with E-state index in [1.165, 1.54) is 9.91 Å². The molecule has 0 spiro atoms. The first-order valence-electron chi connectivity index (χ1n) is 24.7. The zero-order valence-electron chi connectivity index (χ0n) is 43.1. The molecule has 4 atom stereocenters. The van der Waals surface area contributed by atoms with Crippen molar-refractivity contribution in [2.45, 2.75) is 117 Å². The van der Waals surface area contributed by atoms with Crippen LogP contribution in [0.25, 0.3) is 33.3 Å². The van der Waals surface area contributed by atoms with Crippen molar-refractivity contribution >= 4 is 40.5 Å². The third-order valence-corrected chi connectivity index (χ3v) is 14.4. The summed E-state index contributed by atoms with van der Waals surface area (Å²) in [7, 11) is 7.44. The number of hydrogen-bond donors (Lipinski definition) is 3. The molecule has 0 radical (unpaired) electrons. The Morgan fingerprint density at radius 1 is 1.00 bits per heavy atom. The van der Waals surface area contributed by atoms with Gasteiger partial charge in [-0.2, -0.15) is 0 Å². The van der Waals surface area contributed by atoms with Crippen LogP contribution in [-0.4, -0.2) is 135 Å². The summed E-state index contributed by atoms with van der Waals surface area (Å²) in [4.78, 5) is 80.4. The van der Waals surface area contributed by atoms with Crippen molar-refractivity contribution in [3.05, 3.63) is 71.5 Å². The van der Waals surface area contributed by atoms with Crippen molar-refractivity contribution in [2.75, 3.05) is 47.4 Å². The van der Waals surface area contributed by atoms with Crippen LogP contribution in [0, 0.1) is 29.1 Å². The average molecular weight is 957 g/mol. The van der Waals surface area contributed by atoms with Crippen LogP contribution in [0.3, 0.4) is 0 Å². The molecule has 0 unspecified atom stereocenters. The van der Waals surface area contributed by atoms with Crippen LogP contribution >= 0.6 is 0 Å². The number of ether oxygens (including phenoxy) is 1. The number of carbonyl (C=O) groups is 5. The molecule has 2 saturated heterocycles. The fourth-order valence-electron chi connectivity index (χ4n) is 10.0. The van der Waals surface area contributed by atoms with Crippen molar-refractivity contribution in [3.8, 4) is 40.0 Å². The Balaban J connectivity index is 1.23. The van der Waals surface area contributed by atoms with Gasteiger partial charge in [0.25, 0.3) is 11.8 Å². The number of pyridine rings is 1. The van der Waals surface area contributed by atoms with E-state index in [-0.39, 0.29) is 55.5 Å². The molecule has 4 amide bonds. The molecule has 7 rings (SSSR count). The van der Waals surface area contributed by atoms with Gasteiger partial charge in [-0.3, -0.25) is 38.9 Å². The number of esters is 1. The summed E-state index contributed by atoms with van der Waals surface area (Å²) in [5, 5.41) is 16.8. The van der Waals surface area contributed by atoms with Crippen molar-refractivity contribution in [1.82, 2.24) is 40.0 Å². The van der Waals surface area contributed by atoms with Gasteiger partial charge in [0.05, 0.1) is 29.5 Å². The summed E-state index contributed by atoms with van der Waals surface area (Å²) in [6.07, 6.45) is 3.76. The van der Waals surface area contributed by atoms with Crippen molar-refractivity contribution in [1.29, 1.82) is 0 Å². The molecule has 2 aromatic carbocycles. The van der Waals surface area contributed by atoms with E-state index in [0.717, 1.165) is 44.5 Å². The van der Waals surface area contributed by atoms with Crippen LogP contribution in [-0.2, 0) is 48.6 Å². The van der Waals surface area contributed by atoms with Crippen molar-refractivity contribution < 1.29 is 33.8 Å². The van der Waals surface area contributed by atoms with E-state index in [9.17, 15) is 29.1 Å². The predicted octanol–water partition coefficient (Wildman–Crippen LogP) is 6.06. The van der Waals surface area contributed by atoms with E-state index in [1.807, 2.05) is 71.1 Å². The number of rotatable bonds is 8. The first-order valence-corrected chi connectivity index (χ1v) is 24.7. The number of cyclic esters (lactones) is 1. The Bertz CT molecular complexity index is 2730. The summed E-state index contributed by atoms with van der Waals surface area (Å²) in [6, 6.07) is 12.6. The molecule has 374 valence electrons. The van der Waals surface area contributed by atoms with Gasteiger partial charge in [0.1, 0.15) is 23.9 Å². The Morgan fingerprint density at radius 2 is 1.74 bits per heavy atom. The molecule has 3 aliphatic heterocycles. The minimum Gasteiger partial charge on any atom is -0.508 e.